The number of benzene rings is 4. The standard InChI is InChI=1S/C63H73N17O17S6/c1-9-77(10-2)49-33-45(47(35-51(49)94-7)73-75-62-68-55(79-19-23-96-24-20-79)53(99-62)31-43(37(5)81)57(83)64-39-15-13-17-41(29-39)102(88,89)90)66-59-70-60(72-61(71-59)98-27-28-101(85,86)87)67-46-34-50(78(11-3)12-4)52(95-8)36-48(46)74-76-63-69-56(80-21-25-97-26-22-80)54(100-63)32-44(38(6)82)58(84)65-40-16-14-18-42(30-40)103(91,92)93/h13-18,29-36H,9-12,19-28H2,1-8H3,(H,64,83)(H,65,84)(H,85,86,87)(H,88,89,90)(H,91,92,93)(H2,66,67,70,71,72)/b43-31-,44-32+,75-73+,76-74+. The Kier molecular flexibility index (Phi) is 26.1. The summed E-state index contributed by atoms with van der Waals surface area (Å²) in [6.45, 7) is 15.2. The molecule has 2 saturated heterocycles. The SMILES string of the molecule is CCN(CC)c1cc(Nc2nc(Nc3cc(N(CC)CC)c(OC)cc3/N=N/c3nc(N4CCOCC4)c(/C=C(\C(C)=O)C(=O)Nc4cccc(S(=O)(=O)O)c4)s3)nc(SCCS(=O)(=O)O)n2)c(/N=N/c2nc(N3CCOCC3)c(/C=C(/C(C)=O)C(=O)Nc3cccc(S(=O)(=O)O)c3)s2)cc1OC. The third kappa shape index (κ3) is 20.7. The second-order valence-electron chi connectivity index (χ2n) is 22.2. The molecule has 7 aromatic rings. The number of ether oxygens (including phenoxy) is 4. The van der Waals surface area contributed by atoms with E-state index in [9.17, 15) is 58.1 Å². The lowest BCUT2D eigenvalue weighted by Gasteiger charge is -2.27. The minimum atomic E-state index is -4.63. The van der Waals surface area contributed by atoms with Crippen LogP contribution in [0.4, 0.5) is 79.3 Å². The number of morpholine rings is 2. The summed E-state index contributed by atoms with van der Waals surface area (Å²) in [5.41, 5.74) is 1.40. The molecule has 103 heavy (non-hydrogen) atoms. The van der Waals surface area contributed by atoms with Gasteiger partial charge in [0.1, 0.15) is 34.5 Å². The summed E-state index contributed by atoms with van der Waals surface area (Å²) >= 11 is 2.89. The minimum Gasteiger partial charge on any atom is -0.494 e. The van der Waals surface area contributed by atoms with Gasteiger partial charge in [-0.3, -0.25) is 32.8 Å². The van der Waals surface area contributed by atoms with Gasteiger partial charge in [0.2, 0.25) is 22.2 Å². The number of methoxy groups -OCH3 is 2. The van der Waals surface area contributed by atoms with Crippen LogP contribution in [0.1, 0.15) is 51.3 Å². The predicted molar refractivity (Wildman–Crippen MR) is 392 cm³/mol. The molecule has 2 aliphatic rings. The predicted octanol–water partition coefficient (Wildman–Crippen LogP) is 10.2. The number of ketones is 2. The van der Waals surface area contributed by atoms with E-state index in [1.165, 1.54) is 64.5 Å². The molecule has 7 N–H and O–H groups in total. The number of carbonyl (C=O) groups is 4. The van der Waals surface area contributed by atoms with Crippen LogP contribution in [0.25, 0.3) is 12.2 Å². The number of amides is 2. The Morgan fingerprint density at radius 1 is 0.583 bits per heavy atom. The quantitative estimate of drug-likeness (QED) is 0.00514. The molecule has 5 heterocycles. The van der Waals surface area contributed by atoms with Crippen LogP contribution in [0.3, 0.4) is 0 Å². The normalized spacial score (nSPS) is 14.0. The van der Waals surface area contributed by atoms with Crippen LogP contribution in [-0.4, -0.2) is 192 Å². The fraction of sp³-hybridized carbons (Fsp3) is 0.349. The van der Waals surface area contributed by atoms with Crippen molar-refractivity contribution in [2.45, 2.75) is 56.5 Å². The van der Waals surface area contributed by atoms with Crippen molar-refractivity contribution in [3.63, 3.8) is 0 Å². The van der Waals surface area contributed by atoms with Gasteiger partial charge in [-0.15, -0.1) is 20.5 Å². The van der Waals surface area contributed by atoms with E-state index in [-0.39, 0.29) is 78.3 Å². The number of nitrogens with one attached hydrogen (secondary N) is 4. The Hall–Kier alpha value is -9.49. The number of hydrogen-bond donors (Lipinski definition) is 7. The maximum atomic E-state index is 13.8. The maximum absolute atomic E-state index is 13.8. The number of carbonyl (C=O) groups excluding carboxylic acids is 4. The highest BCUT2D eigenvalue weighted by Crippen LogP contribution is 2.45. The zero-order chi connectivity index (χ0) is 74.3. The van der Waals surface area contributed by atoms with Gasteiger partial charge in [0.25, 0.3) is 42.2 Å². The molecule has 0 unspecified atom stereocenters. The minimum absolute atomic E-state index is 0.0127. The molecule has 0 spiro atoms. The third-order valence-corrected chi connectivity index (χ3v) is 20.7. The molecule has 34 nitrogen and oxygen atoms in total. The van der Waals surface area contributed by atoms with Crippen LogP contribution in [0, 0.1) is 0 Å². The van der Waals surface area contributed by atoms with E-state index >= 15 is 0 Å². The van der Waals surface area contributed by atoms with Gasteiger partial charge in [0, 0.05) is 81.6 Å². The van der Waals surface area contributed by atoms with Crippen molar-refractivity contribution in [1.29, 1.82) is 0 Å². The molecule has 2 amide bonds. The molecule has 0 saturated carbocycles. The van der Waals surface area contributed by atoms with Gasteiger partial charge in [-0.2, -0.15) is 50.2 Å². The van der Waals surface area contributed by atoms with Crippen molar-refractivity contribution in [3.8, 4) is 11.5 Å². The average molecular weight is 1530 g/mol. The van der Waals surface area contributed by atoms with Crippen LogP contribution >= 0.6 is 34.4 Å². The van der Waals surface area contributed by atoms with E-state index in [0.717, 1.165) is 58.7 Å². The van der Waals surface area contributed by atoms with E-state index < -0.39 is 69.3 Å². The van der Waals surface area contributed by atoms with E-state index in [0.29, 0.717) is 123 Å². The van der Waals surface area contributed by atoms with Crippen molar-refractivity contribution in [2.24, 2.45) is 20.5 Å². The smallest absolute Gasteiger partial charge is 0.294 e. The number of aromatic nitrogens is 5. The molecule has 2 fully saturated rings. The zero-order valence-corrected chi connectivity index (χ0v) is 61.7. The Labute approximate surface area is 605 Å². The molecule has 0 bridgehead atoms. The fourth-order valence-corrected chi connectivity index (χ4v) is 14.7. The lowest BCUT2D eigenvalue weighted by atomic mass is 10.1. The van der Waals surface area contributed by atoms with Gasteiger partial charge in [0.05, 0.1) is 99.8 Å². The first-order valence-electron chi connectivity index (χ1n) is 31.6. The summed E-state index contributed by atoms with van der Waals surface area (Å²) in [5, 5.41) is 30.3. The average Bonchev–Trinajstić information content (AvgIpc) is 1.80. The largest absolute Gasteiger partial charge is 0.494 e. The van der Waals surface area contributed by atoms with Crippen molar-refractivity contribution in [2.75, 3.05) is 145 Å². The van der Waals surface area contributed by atoms with Crippen LogP contribution < -0.4 is 50.3 Å². The molecule has 0 radical (unpaired) electrons. The van der Waals surface area contributed by atoms with Gasteiger partial charge in [-0.1, -0.05) is 46.6 Å². The number of thioether (sulfide) groups is 1. The Bertz CT molecular complexity index is 4530. The van der Waals surface area contributed by atoms with Gasteiger partial charge < -0.3 is 59.8 Å². The molecule has 9 rings (SSSR count). The van der Waals surface area contributed by atoms with E-state index in [1.807, 2.05) is 47.3 Å². The molecular weight excluding hydrogens is 1460 g/mol. The van der Waals surface area contributed by atoms with Gasteiger partial charge in [0.15, 0.2) is 16.7 Å². The second-order valence-corrected chi connectivity index (χ2v) is 29.7. The molecule has 0 aliphatic carbocycles. The molecule has 4 aromatic carbocycles. The van der Waals surface area contributed by atoms with Gasteiger partial charge in [-0.25, -0.2) is 0 Å². The summed E-state index contributed by atoms with van der Waals surface area (Å²) in [5.74, 6) is -2.65. The maximum Gasteiger partial charge on any atom is 0.294 e. The van der Waals surface area contributed by atoms with Gasteiger partial charge >= 0.3 is 0 Å². The number of hydrogen-bond acceptors (Lipinski definition) is 32. The molecule has 40 heteroatoms. The molecular formula is C63H73N17O17S6. The summed E-state index contributed by atoms with van der Waals surface area (Å²) in [6, 6.07) is 16.5. The number of Topliss-reactive ketones (excluding diaryl/α,β-unsaturated/α-hetero) is 2. The first kappa shape index (κ1) is 77.7. The van der Waals surface area contributed by atoms with E-state index in [1.54, 1.807) is 24.3 Å². The van der Waals surface area contributed by atoms with Crippen molar-refractivity contribution in [3.05, 3.63) is 93.7 Å². The second kappa shape index (κ2) is 34.7. The number of anilines is 10. The molecule has 2 aliphatic heterocycles. The number of azo groups is 2. The number of thiazole rings is 2. The summed E-state index contributed by atoms with van der Waals surface area (Å²) in [4.78, 5) is 85.6. The first-order chi connectivity index (χ1) is 49.1. The zero-order valence-electron chi connectivity index (χ0n) is 56.8. The molecule has 0 atom stereocenters. The fourth-order valence-electron chi connectivity index (χ4n) is 10.3. The van der Waals surface area contributed by atoms with E-state index in [2.05, 4.69) is 41.5 Å². The first-order valence-corrected chi connectivity index (χ1v) is 38.7. The highest BCUT2D eigenvalue weighted by molar-refractivity contribution is 8.00. The summed E-state index contributed by atoms with van der Waals surface area (Å²) in [6.07, 6.45) is 2.70. The Balaban J connectivity index is 1.12. The van der Waals surface area contributed by atoms with Crippen LogP contribution in [0.15, 0.2) is 119 Å². The monoisotopic (exact) mass is 1530 g/mol. The third-order valence-electron chi connectivity index (χ3n) is 15.4. The lowest BCUT2D eigenvalue weighted by molar-refractivity contribution is -0.120. The summed E-state index contributed by atoms with van der Waals surface area (Å²) in [7, 11) is -10.7. The highest BCUT2D eigenvalue weighted by atomic mass is 32.2. The molecule has 3 aromatic heterocycles. The number of rotatable bonds is 32. The Morgan fingerprint density at radius 2 is 0.981 bits per heavy atom. The van der Waals surface area contributed by atoms with Crippen LogP contribution in [0.2, 0.25) is 0 Å². The topological polar surface area (TPSA) is 443 Å². The number of nitrogens with zero attached hydrogens (tertiary/aromatic N) is 13. The summed E-state index contributed by atoms with van der Waals surface area (Å²) < 4.78 is 124. The van der Waals surface area contributed by atoms with Crippen molar-refractivity contribution >= 4 is 180 Å². The highest BCUT2D eigenvalue weighted by Gasteiger charge is 2.28. The lowest BCUT2D eigenvalue weighted by Crippen LogP contribution is -2.36. The van der Waals surface area contributed by atoms with Crippen molar-refractivity contribution < 1.29 is 77.0 Å². The molecule has 548 valence electrons. The van der Waals surface area contributed by atoms with Crippen molar-refractivity contribution in [1.82, 2.24) is 24.9 Å². The van der Waals surface area contributed by atoms with E-state index in [4.69, 9.17) is 44.1 Å². The van der Waals surface area contributed by atoms with Gasteiger partial charge in [-0.05, 0) is 102 Å². The van der Waals surface area contributed by atoms with Crippen LogP contribution in [-0.2, 0) is 59.0 Å². The Morgan fingerprint density at radius 3 is 1.33 bits per heavy atom. The van der Waals surface area contributed by atoms with Crippen LogP contribution in [0.5, 0.6) is 11.5 Å².